The second-order valence-electron chi connectivity index (χ2n) is 7.32. The van der Waals surface area contributed by atoms with E-state index in [1.54, 1.807) is 7.11 Å². The molecule has 2 aliphatic heterocycles. The highest BCUT2D eigenvalue weighted by molar-refractivity contribution is 8.15. The van der Waals surface area contributed by atoms with Gasteiger partial charge < -0.3 is 15.4 Å². The number of amides is 1. The minimum atomic E-state index is -2.95. The molecule has 1 saturated heterocycles. The Morgan fingerprint density at radius 2 is 1.93 bits per heavy atom. The van der Waals surface area contributed by atoms with Crippen molar-refractivity contribution in [2.45, 2.75) is 24.3 Å². The van der Waals surface area contributed by atoms with Crippen molar-refractivity contribution in [3.63, 3.8) is 0 Å². The third kappa shape index (κ3) is 4.96. The second-order valence-corrected chi connectivity index (χ2v) is 10.7. The maximum Gasteiger partial charge on any atom is 0.224 e. The van der Waals surface area contributed by atoms with Crippen LogP contribution in [0.4, 0.5) is 5.69 Å². The third-order valence-electron chi connectivity index (χ3n) is 5.06. The van der Waals surface area contributed by atoms with Crippen LogP contribution in [0.1, 0.15) is 11.1 Å². The summed E-state index contributed by atoms with van der Waals surface area (Å²) < 4.78 is 28.6. The first kappa shape index (κ1) is 20.7. The first-order valence-electron chi connectivity index (χ1n) is 9.61. The first-order valence-corrected chi connectivity index (χ1v) is 12.3. The Morgan fingerprint density at radius 3 is 2.67 bits per heavy atom. The molecule has 0 radical (unpaired) electrons. The van der Waals surface area contributed by atoms with Gasteiger partial charge in [-0.05, 0) is 23.8 Å². The van der Waals surface area contributed by atoms with Gasteiger partial charge in [0.05, 0.1) is 31.1 Å². The minimum Gasteiger partial charge on any atom is -0.496 e. The molecule has 2 atom stereocenters. The lowest BCUT2D eigenvalue weighted by molar-refractivity contribution is -0.120. The molecule has 1 fully saturated rings. The zero-order chi connectivity index (χ0) is 21.1. The lowest BCUT2D eigenvalue weighted by Crippen LogP contribution is -2.24. The van der Waals surface area contributed by atoms with Crippen molar-refractivity contribution in [2.75, 3.05) is 23.9 Å². The van der Waals surface area contributed by atoms with Crippen LogP contribution in [0.15, 0.2) is 53.5 Å². The normalized spacial score (nSPS) is 21.6. The molecule has 2 aromatic carbocycles. The summed E-state index contributed by atoms with van der Waals surface area (Å²) in [6.45, 7) is 0.414. The monoisotopic (exact) mass is 445 g/mol. The van der Waals surface area contributed by atoms with Crippen LogP contribution in [-0.4, -0.2) is 49.4 Å². The molecule has 2 N–H and O–H groups in total. The molecule has 158 valence electrons. The number of fused-ring (bicyclic) bond motifs is 1. The zero-order valence-electron chi connectivity index (χ0n) is 16.5. The van der Waals surface area contributed by atoms with Gasteiger partial charge in [0.2, 0.25) is 5.91 Å². The van der Waals surface area contributed by atoms with Crippen LogP contribution < -0.4 is 15.4 Å². The van der Waals surface area contributed by atoms with E-state index in [9.17, 15) is 13.2 Å². The molecule has 2 heterocycles. The van der Waals surface area contributed by atoms with Gasteiger partial charge in [0.1, 0.15) is 5.75 Å². The van der Waals surface area contributed by atoms with E-state index < -0.39 is 9.84 Å². The number of amidine groups is 1. The largest absolute Gasteiger partial charge is 0.496 e. The number of aliphatic imine (C=N–C) groups is 1. The summed E-state index contributed by atoms with van der Waals surface area (Å²) in [6.07, 6.45) is 0.285. The van der Waals surface area contributed by atoms with Gasteiger partial charge in [0, 0.05) is 23.0 Å². The van der Waals surface area contributed by atoms with Gasteiger partial charge in [0.25, 0.3) is 0 Å². The summed E-state index contributed by atoms with van der Waals surface area (Å²) >= 11 is 1.49. The Bertz CT molecular complexity index is 1070. The molecular weight excluding hydrogens is 422 g/mol. The first-order chi connectivity index (χ1) is 14.4. The number of anilines is 1. The van der Waals surface area contributed by atoms with Crippen molar-refractivity contribution in [3.8, 4) is 5.75 Å². The fraction of sp³-hybridized carbons (Fsp3) is 0.333. The summed E-state index contributed by atoms with van der Waals surface area (Å²) in [5.74, 6) is 1.02. The van der Waals surface area contributed by atoms with Crippen LogP contribution in [-0.2, 0) is 27.6 Å². The number of carbonyl (C=O) groups is 1. The number of methoxy groups -OCH3 is 1. The number of nitrogens with one attached hydrogen (secondary N) is 2. The number of rotatable bonds is 6. The molecule has 30 heavy (non-hydrogen) atoms. The number of sulfone groups is 1. The van der Waals surface area contributed by atoms with Crippen LogP contribution in [0.3, 0.4) is 0 Å². The van der Waals surface area contributed by atoms with E-state index in [1.807, 2.05) is 48.5 Å². The SMILES string of the molecule is COc1ccccc1CNC(=O)Cc1ccc(NC2=N[C@@H]3CS(=O)(=O)C[C@H]3S2)cc1. The summed E-state index contributed by atoms with van der Waals surface area (Å²) in [5, 5.41) is 6.93. The van der Waals surface area contributed by atoms with Gasteiger partial charge in [-0.15, -0.1) is 0 Å². The van der Waals surface area contributed by atoms with Gasteiger partial charge in [0.15, 0.2) is 15.0 Å². The number of hydrogen-bond acceptors (Lipinski definition) is 7. The van der Waals surface area contributed by atoms with Crippen LogP contribution in [0.2, 0.25) is 0 Å². The lowest BCUT2D eigenvalue weighted by atomic mass is 10.1. The van der Waals surface area contributed by atoms with Crippen LogP contribution in [0.5, 0.6) is 5.75 Å². The topological polar surface area (TPSA) is 96.9 Å². The molecule has 2 aromatic rings. The van der Waals surface area contributed by atoms with E-state index in [1.165, 1.54) is 11.8 Å². The van der Waals surface area contributed by atoms with E-state index in [-0.39, 0.29) is 35.1 Å². The Kier molecular flexibility index (Phi) is 6.01. The Labute approximate surface area is 180 Å². The third-order valence-corrected chi connectivity index (χ3v) is 8.20. The van der Waals surface area contributed by atoms with Gasteiger partial charge in [-0.25, -0.2) is 8.42 Å². The summed E-state index contributed by atoms with van der Waals surface area (Å²) in [5.41, 5.74) is 2.70. The molecule has 0 bridgehead atoms. The van der Waals surface area contributed by atoms with Crippen molar-refractivity contribution in [3.05, 3.63) is 59.7 Å². The van der Waals surface area contributed by atoms with Crippen molar-refractivity contribution >= 4 is 38.4 Å². The van der Waals surface area contributed by atoms with Crippen molar-refractivity contribution < 1.29 is 17.9 Å². The molecule has 1 amide bonds. The standard InChI is InChI=1S/C21H23N3O4S2/c1-28-18-5-3-2-4-15(18)11-22-20(25)10-14-6-8-16(9-7-14)23-21-24-17-12-30(26,27)13-19(17)29-21/h2-9,17,19H,10-13H2,1H3,(H,22,25)(H,23,24)/t17-,19-/m1/s1. The molecule has 0 spiro atoms. The predicted octanol–water partition coefficient (Wildman–Crippen LogP) is 2.23. The van der Waals surface area contributed by atoms with Crippen LogP contribution in [0, 0.1) is 0 Å². The molecule has 0 unspecified atom stereocenters. The van der Waals surface area contributed by atoms with Gasteiger partial charge in [-0.1, -0.05) is 42.1 Å². The molecule has 7 nitrogen and oxygen atoms in total. The minimum absolute atomic E-state index is 0.0173. The number of ether oxygens (including phenoxy) is 1. The molecule has 2 aliphatic rings. The molecule has 0 aromatic heterocycles. The Morgan fingerprint density at radius 1 is 1.17 bits per heavy atom. The van der Waals surface area contributed by atoms with Gasteiger partial charge in [-0.3, -0.25) is 9.79 Å². The molecule has 0 saturated carbocycles. The summed E-state index contributed by atoms with van der Waals surface area (Å²) in [4.78, 5) is 16.8. The van der Waals surface area contributed by atoms with E-state index in [0.29, 0.717) is 6.54 Å². The zero-order valence-corrected chi connectivity index (χ0v) is 18.1. The highest BCUT2D eigenvalue weighted by atomic mass is 32.2. The Hall–Kier alpha value is -2.52. The highest BCUT2D eigenvalue weighted by Gasteiger charge is 2.42. The van der Waals surface area contributed by atoms with Crippen molar-refractivity contribution in [1.29, 1.82) is 0 Å². The summed E-state index contributed by atoms with van der Waals surface area (Å²) in [6, 6.07) is 15.0. The average molecular weight is 446 g/mol. The van der Waals surface area contributed by atoms with E-state index in [2.05, 4.69) is 15.6 Å². The highest BCUT2D eigenvalue weighted by Crippen LogP contribution is 2.34. The van der Waals surface area contributed by atoms with Crippen molar-refractivity contribution in [2.24, 2.45) is 4.99 Å². The molecule has 0 aliphatic carbocycles. The number of hydrogen-bond donors (Lipinski definition) is 2. The molecule has 9 heteroatoms. The van der Waals surface area contributed by atoms with Gasteiger partial charge in [-0.2, -0.15) is 0 Å². The van der Waals surface area contributed by atoms with Crippen LogP contribution in [0.25, 0.3) is 0 Å². The Balaban J connectivity index is 1.28. The fourth-order valence-electron chi connectivity index (χ4n) is 3.54. The second kappa shape index (κ2) is 8.69. The van der Waals surface area contributed by atoms with Gasteiger partial charge >= 0.3 is 0 Å². The predicted molar refractivity (Wildman–Crippen MR) is 120 cm³/mol. The molecular formula is C21H23N3O4S2. The summed E-state index contributed by atoms with van der Waals surface area (Å²) in [7, 11) is -1.33. The lowest BCUT2D eigenvalue weighted by Gasteiger charge is -2.10. The maximum absolute atomic E-state index is 12.3. The number of carbonyl (C=O) groups excluding carboxylic acids is 1. The number of nitrogens with zero attached hydrogens (tertiary/aromatic N) is 1. The number of thioether (sulfide) groups is 1. The van der Waals surface area contributed by atoms with E-state index in [0.717, 1.165) is 27.7 Å². The van der Waals surface area contributed by atoms with E-state index >= 15 is 0 Å². The van der Waals surface area contributed by atoms with Crippen molar-refractivity contribution in [1.82, 2.24) is 5.32 Å². The number of para-hydroxylation sites is 1. The fourth-order valence-corrected chi connectivity index (χ4v) is 7.21. The maximum atomic E-state index is 12.3. The number of benzene rings is 2. The smallest absolute Gasteiger partial charge is 0.224 e. The average Bonchev–Trinajstić information content (AvgIpc) is 3.20. The van der Waals surface area contributed by atoms with Crippen LogP contribution >= 0.6 is 11.8 Å². The van der Waals surface area contributed by atoms with E-state index in [4.69, 9.17) is 4.74 Å². The molecule has 4 rings (SSSR count). The quantitative estimate of drug-likeness (QED) is 0.708.